The van der Waals surface area contributed by atoms with Gasteiger partial charge in [0.15, 0.2) is 17.2 Å². The molecule has 34 heavy (non-hydrogen) atoms. The molecular formula is C24H25ClN4O5. The first-order valence-corrected chi connectivity index (χ1v) is 11.0. The lowest BCUT2D eigenvalue weighted by Crippen LogP contribution is -2.44. The first-order valence-electron chi connectivity index (χ1n) is 10.6. The van der Waals surface area contributed by atoms with Crippen molar-refractivity contribution in [1.82, 2.24) is 20.6 Å². The second kappa shape index (κ2) is 11.3. The Morgan fingerprint density at radius 1 is 1.03 bits per heavy atom. The van der Waals surface area contributed by atoms with E-state index in [1.165, 1.54) is 23.9 Å². The molecule has 0 aliphatic heterocycles. The highest BCUT2D eigenvalue weighted by Crippen LogP contribution is 2.28. The molecule has 1 aromatic heterocycles. The fourth-order valence-electron chi connectivity index (χ4n) is 3.05. The van der Waals surface area contributed by atoms with Crippen molar-refractivity contribution in [3.05, 3.63) is 80.7 Å². The van der Waals surface area contributed by atoms with E-state index in [1.54, 1.807) is 43.3 Å². The number of aromatic nitrogens is 2. The number of methoxy groups -OCH3 is 1. The van der Waals surface area contributed by atoms with Crippen molar-refractivity contribution < 1.29 is 19.1 Å². The van der Waals surface area contributed by atoms with Crippen LogP contribution in [0.2, 0.25) is 5.02 Å². The highest BCUT2D eigenvalue weighted by atomic mass is 35.5. The van der Waals surface area contributed by atoms with Gasteiger partial charge in [0, 0.05) is 22.3 Å². The van der Waals surface area contributed by atoms with Crippen molar-refractivity contribution in [1.29, 1.82) is 0 Å². The van der Waals surface area contributed by atoms with E-state index in [4.69, 9.17) is 21.1 Å². The number of benzene rings is 2. The largest absolute Gasteiger partial charge is 0.493 e. The van der Waals surface area contributed by atoms with Gasteiger partial charge < -0.3 is 9.47 Å². The number of carbonyl (C=O) groups is 2. The Bertz CT molecular complexity index is 1240. The van der Waals surface area contributed by atoms with Gasteiger partial charge in [0.25, 0.3) is 11.8 Å². The molecule has 2 amide bonds. The van der Waals surface area contributed by atoms with Gasteiger partial charge in [0.2, 0.25) is 5.43 Å². The maximum Gasteiger partial charge on any atom is 0.294 e. The van der Waals surface area contributed by atoms with Crippen molar-refractivity contribution in [2.45, 2.75) is 26.7 Å². The van der Waals surface area contributed by atoms with Crippen LogP contribution in [0.3, 0.4) is 0 Å². The predicted octanol–water partition coefficient (Wildman–Crippen LogP) is 3.46. The summed E-state index contributed by atoms with van der Waals surface area (Å²) < 4.78 is 12.4. The lowest BCUT2D eigenvalue weighted by molar-refractivity contribution is 0.0842. The second-order valence-corrected chi connectivity index (χ2v) is 7.80. The monoisotopic (exact) mass is 484 g/mol. The Hall–Kier alpha value is -3.85. The normalized spacial score (nSPS) is 10.5. The minimum Gasteiger partial charge on any atom is -0.493 e. The molecule has 0 atom stereocenters. The number of hydrogen-bond donors (Lipinski definition) is 2. The van der Waals surface area contributed by atoms with Crippen LogP contribution in [0, 0.1) is 6.92 Å². The average Bonchev–Trinajstić information content (AvgIpc) is 2.83. The second-order valence-electron chi connectivity index (χ2n) is 7.36. The summed E-state index contributed by atoms with van der Waals surface area (Å²) in [5.41, 5.74) is 4.94. The van der Waals surface area contributed by atoms with E-state index >= 15 is 0 Å². The summed E-state index contributed by atoms with van der Waals surface area (Å²) in [5.74, 6) is -0.547. The Kier molecular flexibility index (Phi) is 8.26. The minimum atomic E-state index is -0.854. The molecule has 0 unspecified atom stereocenters. The molecule has 0 aliphatic carbocycles. The highest BCUT2D eigenvalue weighted by molar-refractivity contribution is 6.30. The number of carbonyl (C=O) groups excluding carboxylic acids is 2. The third-order valence-electron chi connectivity index (χ3n) is 4.86. The molecule has 10 heteroatoms. The van der Waals surface area contributed by atoms with Gasteiger partial charge in [-0.05, 0) is 55.8 Å². The van der Waals surface area contributed by atoms with Crippen molar-refractivity contribution in [3.63, 3.8) is 0 Å². The fourth-order valence-corrected chi connectivity index (χ4v) is 3.17. The molecule has 0 aliphatic rings. The molecule has 2 aromatic carbocycles. The highest BCUT2D eigenvalue weighted by Gasteiger charge is 2.17. The quantitative estimate of drug-likeness (QED) is 0.374. The zero-order valence-corrected chi connectivity index (χ0v) is 19.8. The van der Waals surface area contributed by atoms with Gasteiger partial charge in [-0.2, -0.15) is 5.10 Å². The maximum absolute atomic E-state index is 12.6. The van der Waals surface area contributed by atoms with Gasteiger partial charge in [0.05, 0.1) is 19.4 Å². The Morgan fingerprint density at radius 3 is 2.41 bits per heavy atom. The molecule has 2 N–H and O–H groups in total. The summed E-state index contributed by atoms with van der Waals surface area (Å²) in [6.07, 6.45) is 1.88. The standard InChI is InChI=1S/C24H25ClN4O5/c1-4-5-12-34-20-11-6-16(14-21(20)33-3)23(31)26-27-24(32)22-19(30)13-15(2)29(28-22)18-9-7-17(25)8-10-18/h6-11,13-14H,4-5,12H2,1-3H3,(H,26,31)(H,27,32). The number of unbranched alkanes of at least 4 members (excludes halogenated alkanes) is 1. The molecule has 0 spiro atoms. The third-order valence-corrected chi connectivity index (χ3v) is 5.12. The number of nitrogens with one attached hydrogen (secondary N) is 2. The first kappa shape index (κ1) is 24.8. The summed E-state index contributed by atoms with van der Waals surface area (Å²) in [6.45, 7) is 4.28. The number of aryl methyl sites for hydroxylation is 1. The van der Waals surface area contributed by atoms with E-state index in [9.17, 15) is 14.4 Å². The first-order chi connectivity index (χ1) is 16.3. The van der Waals surface area contributed by atoms with Gasteiger partial charge in [-0.15, -0.1) is 0 Å². The van der Waals surface area contributed by atoms with E-state index in [2.05, 4.69) is 22.9 Å². The summed E-state index contributed by atoms with van der Waals surface area (Å²) >= 11 is 5.92. The predicted molar refractivity (Wildman–Crippen MR) is 128 cm³/mol. The van der Waals surface area contributed by atoms with E-state index in [0.717, 1.165) is 12.8 Å². The third kappa shape index (κ3) is 5.93. The van der Waals surface area contributed by atoms with Crippen LogP contribution in [-0.2, 0) is 0 Å². The number of rotatable bonds is 8. The van der Waals surface area contributed by atoms with Gasteiger partial charge in [0.1, 0.15) is 0 Å². The summed E-state index contributed by atoms with van der Waals surface area (Å²) in [7, 11) is 1.47. The molecule has 0 radical (unpaired) electrons. The van der Waals surface area contributed by atoms with Gasteiger partial charge >= 0.3 is 0 Å². The average molecular weight is 485 g/mol. The molecule has 0 saturated heterocycles. The van der Waals surface area contributed by atoms with Gasteiger partial charge in [-0.3, -0.25) is 25.2 Å². The zero-order valence-electron chi connectivity index (χ0n) is 19.1. The van der Waals surface area contributed by atoms with Crippen molar-refractivity contribution in [3.8, 4) is 17.2 Å². The van der Waals surface area contributed by atoms with Crippen molar-refractivity contribution >= 4 is 23.4 Å². The van der Waals surface area contributed by atoms with Crippen molar-refractivity contribution in [2.24, 2.45) is 0 Å². The smallest absolute Gasteiger partial charge is 0.294 e. The molecule has 0 bridgehead atoms. The van der Waals surface area contributed by atoms with Gasteiger partial charge in [-0.25, -0.2) is 4.68 Å². The fraction of sp³-hybridized carbons (Fsp3) is 0.250. The van der Waals surface area contributed by atoms with Crippen LogP contribution in [0.1, 0.15) is 46.3 Å². The number of amides is 2. The van der Waals surface area contributed by atoms with Crippen LogP contribution in [0.5, 0.6) is 11.5 Å². The van der Waals surface area contributed by atoms with E-state index < -0.39 is 17.2 Å². The van der Waals surface area contributed by atoms with Crippen LogP contribution in [0.15, 0.2) is 53.3 Å². The van der Waals surface area contributed by atoms with Crippen LogP contribution in [-0.4, -0.2) is 35.3 Å². The van der Waals surface area contributed by atoms with E-state index in [-0.39, 0.29) is 11.3 Å². The molecule has 0 saturated carbocycles. The van der Waals surface area contributed by atoms with Crippen LogP contribution < -0.4 is 25.8 Å². The summed E-state index contributed by atoms with van der Waals surface area (Å²) in [5, 5.41) is 4.70. The molecule has 3 aromatic rings. The molecule has 0 fully saturated rings. The van der Waals surface area contributed by atoms with Crippen LogP contribution in [0.25, 0.3) is 5.69 Å². The topological polar surface area (TPSA) is 112 Å². The molecule has 3 rings (SSSR count). The summed E-state index contributed by atoms with van der Waals surface area (Å²) in [4.78, 5) is 37.5. The zero-order chi connectivity index (χ0) is 24.7. The maximum atomic E-state index is 12.6. The summed E-state index contributed by atoms with van der Waals surface area (Å²) in [6, 6.07) is 12.7. The Balaban J connectivity index is 1.73. The van der Waals surface area contributed by atoms with Crippen LogP contribution in [0.4, 0.5) is 0 Å². The Labute approximate surface area is 201 Å². The minimum absolute atomic E-state index is 0.232. The van der Waals surface area contributed by atoms with Crippen molar-refractivity contribution in [2.75, 3.05) is 13.7 Å². The number of halogens is 1. The van der Waals surface area contributed by atoms with Crippen LogP contribution >= 0.6 is 11.6 Å². The number of ether oxygens (including phenoxy) is 2. The molecule has 9 nitrogen and oxygen atoms in total. The van der Waals surface area contributed by atoms with E-state index in [1.807, 2.05) is 0 Å². The number of hydrazine groups is 1. The molecule has 1 heterocycles. The lowest BCUT2D eigenvalue weighted by Gasteiger charge is -2.13. The number of nitrogens with zero attached hydrogens (tertiary/aromatic N) is 2. The van der Waals surface area contributed by atoms with Gasteiger partial charge in [-0.1, -0.05) is 24.9 Å². The molecule has 178 valence electrons. The lowest BCUT2D eigenvalue weighted by atomic mass is 10.2. The number of hydrogen-bond acceptors (Lipinski definition) is 6. The molecular weight excluding hydrogens is 460 g/mol. The SMILES string of the molecule is CCCCOc1ccc(C(=O)NNC(=O)c2nn(-c3ccc(Cl)cc3)c(C)cc2=O)cc1OC. The Morgan fingerprint density at radius 2 is 1.74 bits per heavy atom. The van der Waals surface area contributed by atoms with E-state index in [0.29, 0.717) is 34.5 Å².